The van der Waals surface area contributed by atoms with E-state index in [1.165, 1.54) is 308 Å². The van der Waals surface area contributed by atoms with E-state index in [-0.39, 0.29) is 0 Å². The minimum Gasteiger partial charge on any atom is -0.434 e. The van der Waals surface area contributed by atoms with E-state index in [0.717, 1.165) is 25.7 Å². The van der Waals surface area contributed by atoms with E-state index in [1.54, 1.807) is 0 Å². The summed E-state index contributed by atoms with van der Waals surface area (Å²) in [6, 6.07) is 0. The van der Waals surface area contributed by atoms with Gasteiger partial charge >= 0.3 is 6.16 Å². The lowest BCUT2D eigenvalue weighted by Crippen LogP contribution is -2.09. The Balaban J connectivity index is 3.14. The van der Waals surface area contributed by atoms with Gasteiger partial charge in [0.1, 0.15) is 0 Å². The van der Waals surface area contributed by atoms with Gasteiger partial charge in [-0.25, -0.2) is 4.79 Å². The van der Waals surface area contributed by atoms with Crippen LogP contribution in [0.25, 0.3) is 0 Å². The lowest BCUT2D eigenvalue weighted by atomic mass is 10.0. The smallest absolute Gasteiger partial charge is 0.434 e. The molecule has 0 aliphatic carbocycles. The van der Waals surface area contributed by atoms with Crippen molar-refractivity contribution in [3.63, 3.8) is 0 Å². The Bertz CT molecular complexity index is 692. The number of unbranched alkanes of at least 4 members (excludes halogenated alkanes) is 50. The van der Waals surface area contributed by atoms with Gasteiger partial charge in [0.05, 0.1) is 13.2 Å². The highest BCUT2D eigenvalue weighted by Crippen LogP contribution is 2.18. The zero-order chi connectivity index (χ0) is 43.2. The van der Waals surface area contributed by atoms with Gasteiger partial charge in [-0.3, -0.25) is 0 Å². The van der Waals surface area contributed by atoms with E-state index in [2.05, 4.69) is 13.8 Å². The first-order valence-electron chi connectivity index (χ1n) is 28.6. The molecule has 0 aromatic heterocycles. The number of rotatable bonds is 54. The Kier molecular flexibility index (Phi) is 55.6. The lowest BCUT2D eigenvalue weighted by Gasteiger charge is -2.07. The fourth-order valence-corrected chi connectivity index (χ4v) is 9.19. The van der Waals surface area contributed by atoms with Gasteiger partial charge in [0.15, 0.2) is 0 Å². The maximum absolute atomic E-state index is 11.9. The third kappa shape index (κ3) is 55.3. The molecule has 0 atom stereocenters. The van der Waals surface area contributed by atoms with Crippen LogP contribution in [0.1, 0.15) is 348 Å². The van der Waals surface area contributed by atoms with Crippen LogP contribution in [-0.2, 0) is 9.47 Å². The van der Waals surface area contributed by atoms with Crippen LogP contribution in [-0.4, -0.2) is 19.4 Å². The van der Waals surface area contributed by atoms with Gasteiger partial charge in [-0.2, -0.15) is 0 Å². The van der Waals surface area contributed by atoms with Crippen LogP contribution >= 0.6 is 0 Å². The summed E-state index contributed by atoms with van der Waals surface area (Å²) in [5.41, 5.74) is 0. The summed E-state index contributed by atoms with van der Waals surface area (Å²) in [5.74, 6) is 0. The number of carbonyl (C=O) groups excluding carboxylic acids is 1. The standard InChI is InChI=1S/C57H114O3/c1-3-5-7-9-11-13-15-17-19-21-23-25-27-29-31-33-35-37-39-41-43-45-47-49-51-53-55-59-57(58)60-56-54-52-50-48-46-44-42-40-38-36-34-32-30-28-26-24-22-20-18-16-14-12-10-8-6-4-2/h3-56H2,1-2H3. The predicted octanol–water partition coefficient (Wildman–Crippen LogP) is 21.5. The lowest BCUT2D eigenvalue weighted by molar-refractivity contribution is 0.0529. The molecule has 0 heterocycles. The van der Waals surface area contributed by atoms with Gasteiger partial charge in [-0.05, 0) is 12.8 Å². The predicted molar refractivity (Wildman–Crippen MR) is 269 cm³/mol. The SMILES string of the molecule is CCCCCCCCCCCCCCCCCCCCCCCCCCCCOC(=O)OCCCCCCCCCCCCCCCCCCCCCCCCCCCC. The van der Waals surface area contributed by atoms with Crippen molar-refractivity contribution >= 4 is 6.16 Å². The maximum Gasteiger partial charge on any atom is 0.508 e. The molecule has 0 saturated carbocycles. The topological polar surface area (TPSA) is 35.5 Å². The van der Waals surface area contributed by atoms with Crippen molar-refractivity contribution < 1.29 is 14.3 Å². The third-order valence-corrected chi connectivity index (χ3v) is 13.4. The molecule has 0 rings (SSSR count). The second-order valence-corrected chi connectivity index (χ2v) is 19.6. The largest absolute Gasteiger partial charge is 0.508 e. The van der Waals surface area contributed by atoms with E-state index in [4.69, 9.17) is 9.47 Å². The number of ether oxygens (including phenoxy) is 2. The highest BCUT2D eigenvalue weighted by atomic mass is 16.7. The molecular formula is C57H114O3. The quantitative estimate of drug-likeness (QED) is 0.0452. The van der Waals surface area contributed by atoms with Crippen LogP contribution in [0.15, 0.2) is 0 Å². The zero-order valence-electron chi connectivity index (χ0n) is 41.9. The molecule has 0 aliphatic heterocycles. The summed E-state index contributed by atoms with van der Waals surface area (Å²) in [6.45, 7) is 5.63. The monoisotopic (exact) mass is 847 g/mol. The molecule has 0 unspecified atom stereocenters. The Labute approximate surface area is 380 Å². The first-order valence-corrected chi connectivity index (χ1v) is 28.6. The van der Waals surface area contributed by atoms with E-state index < -0.39 is 6.16 Å². The molecule has 0 aliphatic rings. The van der Waals surface area contributed by atoms with Crippen LogP contribution in [0, 0.1) is 0 Å². The van der Waals surface area contributed by atoms with Gasteiger partial charge in [0.2, 0.25) is 0 Å². The second kappa shape index (κ2) is 56.3. The van der Waals surface area contributed by atoms with Crippen LogP contribution < -0.4 is 0 Å². The fraction of sp³-hybridized carbons (Fsp3) is 0.982. The molecule has 360 valence electrons. The number of carbonyl (C=O) groups is 1. The Hall–Kier alpha value is -0.730. The van der Waals surface area contributed by atoms with E-state index in [9.17, 15) is 4.79 Å². The van der Waals surface area contributed by atoms with Crippen molar-refractivity contribution in [3.8, 4) is 0 Å². The molecule has 0 radical (unpaired) electrons. The molecule has 0 amide bonds. The second-order valence-electron chi connectivity index (χ2n) is 19.6. The highest BCUT2D eigenvalue weighted by molar-refractivity contribution is 5.59. The molecular weight excluding hydrogens is 733 g/mol. The molecule has 3 nitrogen and oxygen atoms in total. The average molecular weight is 848 g/mol. The fourth-order valence-electron chi connectivity index (χ4n) is 9.19. The summed E-state index contributed by atoms with van der Waals surface area (Å²) in [4.78, 5) is 11.9. The number of hydrogen-bond donors (Lipinski definition) is 0. The van der Waals surface area contributed by atoms with Crippen LogP contribution in [0.2, 0.25) is 0 Å². The summed E-state index contributed by atoms with van der Waals surface area (Å²) < 4.78 is 10.6. The summed E-state index contributed by atoms with van der Waals surface area (Å²) in [7, 11) is 0. The minimum absolute atomic E-state index is 0.464. The van der Waals surface area contributed by atoms with Crippen molar-refractivity contribution in [1.29, 1.82) is 0 Å². The third-order valence-electron chi connectivity index (χ3n) is 13.4. The van der Waals surface area contributed by atoms with Gasteiger partial charge in [-0.1, -0.05) is 335 Å². The zero-order valence-corrected chi connectivity index (χ0v) is 41.9. The molecule has 3 heteroatoms. The first-order chi connectivity index (χ1) is 29.8. The Morgan fingerprint density at radius 2 is 0.317 bits per heavy atom. The summed E-state index contributed by atoms with van der Waals surface area (Å²) in [5, 5.41) is 0. The van der Waals surface area contributed by atoms with Crippen molar-refractivity contribution in [3.05, 3.63) is 0 Å². The summed E-state index contributed by atoms with van der Waals surface area (Å²) in [6.07, 6.45) is 72.6. The average Bonchev–Trinajstić information content (AvgIpc) is 3.25. The van der Waals surface area contributed by atoms with Gasteiger partial charge in [-0.15, -0.1) is 0 Å². The van der Waals surface area contributed by atoms with E-state index in [1.807, 2.05) is 0 Å². The first kappa shape index (κ1) is 59.3. The van der Waals surface area contributed by atoms with Crippen molar-refractivity contribution in [2.75, 3.05) is 13.2 Å². The normalized spacial score (nSPS) is 11.5. The molecule has 0 N–H and O–H groups in total. The molecule has 60 heavy (non-hydrogen) atoms. The molecule has 0 fully saturated rings. The van der Waals surface area contributed by atoms with E-state index in [0.29, 0.717) is 13.2 Å². The van der Waals surface area contributed by atoms with Crippen LogP contribution in [0.5, 0.6) is 0 Å². The highest BCUT2D eigenvalue weighted by Gasteiger charge is 2.04. The maximum atomic E-state index is 11.9. The molecule has 0 saturated heterocycles. The summed E-state index contributed by atoms with van der Waals surface area (Å²) >= 11 is 0. The Morgan fingerprint density at radius 3 is 0.450 bits per heavy atom. The van der Waals surface area contributed by atoms with Crippen molar-refractivity contribution in [2.45, 2.75) is 348 Å². The van der Waals surface area contributed by atoms with Crippen molar-refractivity contribution in [2.24, 2.45) is 0 Å². The van der Waals surface area contributed by atoms with E-state index >= 15 is 0 Å². The van der Waals surface area contributed by atoms with Gasteiger partial charge in [0, 0.05) is 0 Å². The van der Waals surface area contributed by atoms with Crippen LogP contribution in [0.4, 0.5) is 4.79 Å². The number of hydrogen-bond acceptors (Lipinski definition) is 3. The van der Waals surface area contributed by atoms with Crippen molar-refractivity contribution in [1.82, 2.24) is 0 Å². The molecule has 0 spiro atoms. The molecule has 0 bridgehead atoms. The van der Waals surface area contributed by atoms with Gasteiger partial charge < -0.3 is 9.47 Å². The molecule has 0 aromatic carbocycles. The Morgan fingerprint density at radius 1 is 0.200 bits per heavy atom. The van der Waals surface area contributed by atoms with Crippen LogP contribution in [0.3, 0.4) is 0 Å². The molecule has 0 aromatic rings. The van der Waals surface area contributed by atoms with Gasteiger partial charge in [0.25, 0.3) is 0 Å². The minimum atomic E-state index is -0.464.